The minimum absolute atomic E-state index is 0.154. The van der Waals surface area contributed by atoms with Crippen molar-refractivity contribution in [3.05, 3.63) is 69.8 Å². The van der Waals surface area contributed by atoms with Crippen molar-refractivity contribution >= 4 is 33.8 Å². The van der Waals surface area contributed by atoms with Crippen LogP contribution in [0.15, 0.2) is 58.7 Å². The molecule has 0 unspecified atom stereocenters. The molecule has 0 aliphatic heterocycles. The van der Waals surface area contributed by atoms with E-state index in [9.17, 15) is 9.59 Å². The van der Waals surface area contributed by atoms with E-state index in [1.54, 1.807) is 30.3 Å². The SMILES string of the molecule is CCCCOc1ccc(C(=O)N/C(=C\c2ccc(Br)cc2)C(=O)NC2CCCCC2)cc1. The van der Waals surface area contributed by atoms with E-state index in [4.69, 9.17) is 4.74 Å². The van der Waals surface area contributed by atoms with Gasteiger partial charge in [0.1, 0.15) is 11.4 Å². The average molecular weight is 499 g/mol. The van der Waals surface area contributed by atoms with Crippen molar-refractivity contribution in [2.75, 3.05) is 6.61 Å². The van der Waals surface area contributed by atoms with Crippen LogP contribution in [0.25, 0.3) is 6.08 Å². The molecule has 0 atom stereocenters. The normalized spacial score (nSPS) is 14.6. The Morgan fingerprint density at radius 2 is 1.72 bits per heavy atom. The van der Waals surface area contributed by atoms with Crippen LogP contribution in [0, 0.1) is 0 Å². The fourth-order valence-electron chi connectivity index (χ4n) is 3.63. The first-order valence-corrected chi connectivity index (χ1v) is 12.2. The molecule has 32 heavy (non-hydrogen) atoms. The van der Waals surface area contributed by atoms with Crippen molar-refractivity contribution in [3.63, 3.8) is 0 Å². The molecule has 3 rings (SSSR count). The maximum atomic E-state index is 13.0. The zero-order valence-corrected chi connectivity index (χ0v) is 20.1. The molecule has 0 spiro atoms. The summed E-state index contributed by atoms with van der Waals surface area (Å²) in [5.74, 6) is 0.149. The largest absolute Gasteiger partial charge is 0.494 e. The van der Waals surface area contributed by atoms with Crippen LogP contribution in [0.3, 0.4) is 0 Å². The molecule has 0 saturated heterocycles. The van der Waals surface area contributed by atoms with Gasteiger partial charge in [0.05, 0.1) is 6.61 Å². The van der Waals surface area contributed by atoms with E-state index in [1.165, 1.54) is 6.42 Å². The van der Waals surface area contributed by atoms with E-state index in [2.05, 4.69) is 33.5 Å². The number of ether oxygens (including phenoxy) is 1. The summed E-state index contributed by atoms with van der Waals surface area (Å²) in [5.41, 5.74) is 1.55. The van der Waals surface area contributed by atoms with Crippen LogP contribution in [0.5, 0.6) is 5.75 Å². The standard InChI is InChI=1S/C26H31BrN2O3/c1-2-3-17-32-23-15-11-20(12-16-23)25(30)29-24(18-19-9-13-21(27)14-10-19)26(31)28-22-7-5-4-6-8-22/h9-16,18,22H,2-8,17H2,1H3,(H,28,31)(H,29,30)/b24-18-. The number of unbranched alkanes of at least 4 members (excludes halogenated alkanes) is 1. The van der Waals surface area contributed by atoms with Crippen LogP contribution in [0.1, 0.15) is 67.8 Å². The number of amides is 2. The number of hydrogen-bond donors (Lipinski definition) is 2. The molecule has 1 saturated carbocycles. The number of carbonyl (C=O) groups excluding carboxylic acids is 2. The Balaban J connectivity index is 1.72. The highest BCUT2D eigenvalue weighted by Gasteiger charge is 2.20. The maximum Gasteiger partial charge on any atom is 0.268 e. The summed E-state index contributed by atoms with van der Waals surface area (Å²) >= 11 is 3.42. The minimum Gasteiger partial charge on any atom is -0.494 e. The second-order valence-electron chi connectivity index (χ2n) is 8.10. The third-order valence-corrected chi connectivity index (χ3v) is 6.03. The lowest BCUT2D eigenvalue weighted by atomic mass is 9.95. The molecule has 2 aromatic carbocycles. The zero-order valence-electron chi connectivity index (χ0n) is 18.5. The van der Waals surface area contributed by atoms with Gasteiger partial charge in [0, 0.05) is 16.1 Å². The summed E-state index contributed by atoms with van der Waals surface area (Å²) in [4.78, 5) is 25.9. The Morgan fingerprint density at radius 1 is 1.03 bits per heavy atom. The van der Waals surface area contributed by atoms with E-state index in [0.717, 1.165) is 54.3 Å². The summed E-state index contributed by atoms with van der Waals surface area (Å²) < 4.78 is 6.61. The minimum atomic E-state index is -0.327. The maximum absolute atomic E-state index is 13.0. The van der Waals surface area contributed by atoms with Gasteiger partial charge in [0.25, 0.3) is 11.8 Å². The van der Waals surface area contributed by atoms with Crippen molar-refractivity contribution in [2.24, 2.45) is 0 Å². The van der Waals surface area contributed by atoms with Gasteiger partial charge >= 0.3 is 0 Å². The predicted octanol–water partition coefficient (Wildman–Crippen LogP) is 5.85. The van der Waals surface area contributed by atoms with Gasteiger partial charge in [0.2, 0.25) is 0 Å². The van der Waals surface area contributed by atoms with Crippen molar-refractivity contribution in [3.8, 4) is 5.75 Å². The third kappa shape index (κ3) is 7.52. The number of nitrogens with one attached hydrogen (secondary N) is 2. The number of hydrogen-bond acceptors (Lipinski definition) is 3. The van der Waals surface area contributed by atoms with Gasteiger partial charge in [-0.2, -0.15) is 0 Å². The van der Waals surface area contributed by atoms with Gasteiger partial charge in [-0.15, -0.1) is 0 Å². The van der Waals surface area contributed by atoms with Gasteiger partial charge in [-0.25, -0.2) is 0 Å². The monoisotopic (exact) mass is 498 g/mol. The van der Waals surface area contributed by atoms with Crippen molar-refractivity contribution in [1.82, 2.24) is 10.6 Å². The molecule has 6 heteroatoms. The molecule has 0 radical (unpaired) electrons. The van der Waals surface area contributed by atoms with Crippen LogP contribution in [-0.2, 0) is 4.79 Å². The first-order chi connectivity index (χ1) is 15.5. The lowest BCUT2D eigenvalue weighted by molar-refractivity contribution is -0.118. The van der Waals surface area contributed by atoms with Crippen LogP contribution in [0.4, 0.5) is 0 Å². The van der Waals surface area contributed by atoms with E-state index < -0.39 is 0 Å². The highest BCUT2D eigenvalue weighted by Crippen LogP contribution is 2.19. The third-order valence-electron chi connectivity index (χ3n) is 5.50. The lowest BCUT2D eigenvalue weighted by Crippen LogP contribution is -2.41. The van der Waals surface area contributed by atoms with Gasteiger partial charge in [-0.1, -0.05) is 60.7 Å². The van der Waals surface area contributed by atoms with Crippen LogP contribution in [0.2, 0.25) is 0 Å². The molecule has 0 bridgehead atoms. The molecule has 2 aromatic rings. The van der Waals surface area contributed by atoms with Gasteiger partial charge in [-0.05, 0) is 67.3 Å². The van der Waals surface area contributed by atoms with Gasteiger partial charge in [0.15, 0.2) is 0 Å². The smallest absolute Gasteiger partial charge is 0.268 e. The molecule has 2 N–H and O–H groups in total. The Hall–Kier alpha value is -2.60. The predicted molar refractivity (Wildman–Crippen MR) is 131 cm³/mol. The number of carbonyl (C=O) groups is 2. The van der Waals surface area contributed by atoms with Crippen molar-refractivity contribution in [1.29, 1.82) is 0 Å². The van der Waals surface area contributed by atoms with Crippen LogP contribution < -0.4 is 15.4 Å². The molecule has 1 aliphatic rings. The quantitative estimate of drug-likeness (QED) is 0.336. The van der Waals surface area contributed by atoms with E-state index in [1.807, 2.05) is 24.3 Å². The first-order valence-electron chi connectivity index (χ1n) is 11.4. The van der Waals surface area contributed by atoms with E-state index in [0.29, 0.717) is 12.2 Å². The topological polar surface area (TPSA) is 67.4 Å². The van der Waals surface area contributed by atoms with Crippen LogP contribution in [-0.4, -0.2) is 24.5 Å². The molecule has 1 fully saturated rings. The highest BCUT2D eigenvalue weighted by atomic mass is 79.9. The summed E-state index contributed by atoms with van der Waals surface area (Å²) in [5, 5.41) is 5.91. The molecule has 5 nitrogen and oxygen atoms in total. The molecule has 1 aliphatic carbocycles. The number of rotatable bonds is 9. The second kappa shape index (κ2) is 12.4. The average Bonchev–Trinajstić information content (AvgIpc) is 2.81. The lowest BCUT2D eigenvalue weighted by Gasteiger charge is -2.23. The van der Waals surface area contributed by atoms with Crippen molar-refractivity contribution in [2.45, 2.75) is 57.9 Å². The molecular weight excluding hydrogens is 468 g/mol. The van der Waals surface area contributed by atoms with Gasteiger partial charge in [-0.3, -0.25) is 9.59 Å². The summed E-state index contributed by atoms with van der Waals surface area (Å²) in [6.45, 7) is 2.77. The molecule has 0 aromatic heterocycles. The number of benzene rings is 2. The Kier molecular flexibility index (Phi) is 9.35. The molecule has 0 heterocycles. The van der Waals surface area contributed by atoms with Gasteiger partial charge < -0.3 is 15.4 Å². The van der Waals surface area contributed by atoms with E-state index >= 15 is 0 Å². The van der Waals surface area contributed by atoms with Crippen LogP contribution >= 0.6 is 15.9 Å². The molecular formula is C26H31BrN2O3. The molecule has 170 valence electrons. The fraction of sp³-hybridized carbons (Fsp3) is 0.385. The Labute approximate surface area is 198 Å². The number of halogens is 1. The summed E-state index contributed by atoms with van der Waals surface area (Å²) in [7, 11) is 0. The molecule has 2 amide bonds. The first kappa shape index (κ1) is 24.1. The Morgan fingerprint density at radius 3 is 2.38 bits per heavy atom. The van der Waals surface area contributed by atoms with Crippen molar-refractivity contribution < 1.29 is 14.3 Å². The second-order valence-corrected chi connectivity index (χ2v) is 9.01. The summed E-state index contributed by atoms with van der Waals surface area (Å²) in [6, 6.07) is 14.7. The highest BCUT2D eigenvalue weighted by molar-refractivity contribution is 9.10. The zero-order chi connectivity index (χ0) is 22.8. The fourth-order valence-corrected chi connectivity index (χ4v) is 3.89. The Bertz CT molecular complexity index is 917. The summed E-state index contributed by atoms with van der Waals surface area (Å²) in [6.07, 6.45) is 9.17. The van der Waals surface area contributed by atoms with E-state index in [-0.39, 0.29) is 23.6 Å².